The first kappa shape index (κ1) is 14.1. The number of aryl methyl sites for hydroxylation is 1. The van der Waals surface area contributed by atoms with Gasteiger partial charge in [0.25, 0.3) is 0 Å². The molecule has 0 aromatic carbocycles. The van der Waals surface area contributed by atoms with Crippen molar-refractivity contribution >= 4 is 40.2 Å². The third-order valence-corrected chi connectivity index (χ3v) is 4.30. The Labute approximate surface area is 131 Å². The number of nitrogens with two attached hydrogens (primary N) is 1. The van der Waals surface area contributed by atoms with Gasteiger partial charge in [-0.25, -0.2) is 4.98 Å². The summed E-state index contributed by atoms with van der Waals surface area (Å²) in [6, 6.07) is 1.86. The highest BCUT2D eigenvalue weighted by molar-refractivity contribution is 6.34. The molecule has 0 saturated carbocycles. The van der Waals surface area contributed by atoms with Gasteiger partial charge < -0.3 is 10.3 Å². The van der Waals surface area contributed by atoms with E-state index in [1.807, 2.05) is 30.7 Å². The molecule has 3 rings (SSSR count). The molecule has 0 aliphatic rings. The van der Waals surface area contributed by atoms with Crippen molar-refractivity contribution in [3.05, 3.63) is 45.5 Å². The van der Waals surface area contributed by atoms with Crippen LogP contribution in [-0.4, -0.2) is 19.5 Å². The van der Waals surface area contributed by atoms with E-state index in [1.165, 1.54) is 0 Å². The number of nitrogen functional groups attached to an aromatic ring is 1. The van der Waals surface area contributed by atoms with Gasteiger partial charge in [-0.05, 0) is 31.0 Å². The third kappa shape index (κ3) is 2.43. The molecule has 0 bridgehead atoms. The number of halogens is 2. The standard InChI is InChI=1S/C14H13Cl2N5/c1-7-5-18-10(8(2)11(7)15)6-21-4-3-9-12(16)19-14(17)20-13(9)21/h3-5H,6H2,1-2H3,(H2,17,19,20). The lowest BCUT2D eigenvalue weighted by molar-refractivity contribution is 0.789. The van der Waals surface area contributed by atoms with E-state index in [0.717, 1.165) is 27.2 Å². The van der Waals surface area contributed by atoms with Crippen molar-refractivity contribution in [2.45, 2.75) is 20.4 Å². The Bertz CT molecular complexity index is 841. The summed E-state index contributed by atoms with van der Waals surface area (Å²) < 4.78 is 1.93. The maximum absolute atomic E-state index is 6.28. The number of aromatic nitrogens is 4. The molecule has 0 unspecified atom stereocenters. The Balaban J connectivity index is 2.09. The normalized spacial score (nSPS) is 11.2. The van der Waals surface area contributed by atoms with Crippen molar-refractivity contribution in [3.63, 3.8) is 0 Å². The SMILES string of the molecule is Cc1cnc(Cn2ccc3c(Cl)nc(N)nc32)c(C)c1Cl. The van der Waals surface area contributed by atoms with E-state index in [0.29, 0.717) is 17.3 Å². The van der Waals surface area contributed by atoms with E-state index in [2.05, 4.69) is 15.0 Å². The fourth-order valence-corrected chi connectivity index (χ4v) is 2.64. The summed E-state index contributed by atoms with van der Waals surface area (Å²) in [4.78, 5) is 12.6. The first-order valence-corrected chi connectivity index (χ1v) is 7.11. The first-order chi connectivity index (χ1) is 9.97. The quantitative estimate of drug-likeness (QED) is 0.734. The molecule has 0 aliphatic carbocycles. The fourth-order valence-electron chi connectivity index (χ4n) is 2.24. The summed E-state index contributed by atoms with van der Waals surface area (Å²) in [5.74, 6) is 0.152. The Kier molecular flexibility index (Phi) is 3.47. The number of pyridine rings is 1. The summed E-state index contributed by atoms with van der Waals surface area (Å²) in [5.41, 5.74) is 9.16. The van der Waals surface area contributed by atoms with Gasteiger partial charge in [-0.1, -0.05) is 23.2 Å². The Morgan fingerprint density at radius 1 is 1.24 bits per heavy atom. The van der Waals surface area contributed by atoms with E-state index in [-0.39, 0.29) is 5.95 Å². The van der Waals surface area contributed by atoms with Crippen LogP contribution < -0.4 is 5.73 Å². The van der Waals surface area contributed by atoms with E-state index in [9.17, 15) is 0 Å². The van der Waals surface area contributed by atoms with Crippen LogP contribution in [0.2, 0.25) is 10.2 Å². The van der Waals surface area contributed by atoms with Crippen LogP contribution in [0.1, 0.15) is 16.8 Å². The van der Waals surface area contributed by atoms with Gasteiger partial charge in [0.05, 0.1) is 17.6 Å². The zero-order valence-electron chi connectivity index (χ0n) is 11.6. The van der Waals surface area contributed by atoms with Crippen LogP contribution in [0.15, 0.2) is 18.5 Å². The molecule has 3 heterocycles. The molecule has 108 valence electrons. The second-order valence-electron chi connectivity index (χ2n) is 4.88. The van der Waals surface area contributed by atoms with Crippen molar-refractivity contribution in [2.24, 2.45) is 0 Å². The monoisotopic (exact) mass is 321 g/mol. The van der Waals surface area contributed by atoms with Gasteiger partial charge in [0.15, 0.2) is 0 Å². The minimum Gasteiger partial charge on any atom is -0.368 e. The van der Waals surface area contributed by atoms with Gasteiger partial charge in [0, 0.05) is 17.4 Å². The van der Waals surface area contributed by atoms with Crippen molar-refractivity contribution in [1.82, 2.24) is 19.5 Å². The number of nitrogens with zero attached hydrogens (tertiary/aromatic N) is 4. The van der Waals surface area contributed by atoms with Crippen LogP contribution >= 0.6 is 23.2 Å². The molecule has 0 fully saturated rings. The summed E-state index contributed by atoms with van der Waals surface area (Å²) in [5, 5.41) is 1.85. The van der Waals surface area contributed by atoms with Gasteiger partial charge in [0.2, 0.25) is 5.95 Å². The fraction of sp³-hybridized carbons (Fsp3) is 0.214. The number of rotatable bonds is 2. The molecule has 3 aromatic rings. The molecule has 0 radical (unpaired) electrons. The lowest BCUT2D eigenvalue weighted by atomic mass is 10.1. The van der Waals surface area contributed by atoms with E-state index >= 15 is 0 Å². The largest absolute Gasteiger partial charge is 0.368 e. The molecule has 0 atom stereocenters. The molecule has 2 N–H and O–H groups in total. The van der Waals surface area contributed by atoms with Crippen LogP contribution in [0.3, 0.4) is 0 Å². The second kappa shape index (κ2) is 5.16. The number of fused-ring (bicyclic) bond motifs is 1. The van der Waals surface area contributed by atoms with Crippen molar-refractivity contribution < 1.29 is 0 Å². The number of hydrogen-bond acceptors (Lipinski definition) is 4. The van der Waals surface area contributed by atoms with Crippen molar-refractivity contribution in [3.8, 4) is 0 Å². The highest BCUT2D eigenvalue weighted by Crippen LogP contribution is 2.25. The lowest BCUT2D eigenvalue weighted by Crippen LogP contribution is -2.06. The second-order valence-corrected chi connectivity index (χ2v) is 5.62. The molecule has 3 aromatic heterocycles. The number of hydrogen-bond donors (Lipinski definition) is 1. The van der Waals surface area contributed by atoms with E-state index < -0.39 is 0 Å². The zero-order valence-corrected chi connectivity index (χ0v) is 13.1. The van der Waals surface area contributed by atoms with Gasteiger partial charge in [0.1, 0.15) is 10.8 Å². The lowest BCUT2D eigenvalue weighted by Gasteiger charge is -2.10. The van der Waals surface area contributed by atoms with Crippen LogP contribution in [-0.2, 0) is 6.54 Å². The van der Waals surface area contributed by atoms with Gasteiger partial charge >= 0.3 is 0 Å². The Morgan fingerprint density at radius 2 is 2.00 bits per heavy atom. The average molecular weight is 322 g/mol. The first-order valence-electron chi connectivity index (χ1n) is 6.36. The molecule has 21 heavy (non-hydrogen) atoms. The minimum atomic E-state index is 0.152. The topological polar surface area (TPSA) is 69.6 Å². The Hall–Kier alpha value is -1.85. The summed E-state index contributed by atoms with van der Waals surface area (Å²) in [6.45, 7) is 4.44. The van der Waals surface area contributed by atoms with Crippen molar-refractivity contribution in [2.75, 3.05) is 5.73 Å². The molecular formula is C14H13Cl2N5. The van der Waals surface area contributed by atoms with Crippen LogP contribution in [0.25, 0.3) is 11.0 Å². The van der Waals surface area contributed by atoms with Crippen LogP contribution in [0.4, 0.5) is 5.95 Å². The zero-order chi connectivity index (χ0) is 15.1. The maximum atomic E-state index is 6.28. The molecule has 0 saturated heterocycles. The van der Waals surface area contributed by atoms with Gasteiger partial charge in [-0.15, -0.1) is 0 Å². The summed E-state index contributed by atoms with van der Waals surface area (Å²) >= 11 is 12.4. The maximum Gasteiger partial charge on any atom is 0.223 e. The molecular weight excluding hydrogens is 309 g/mol. The third-order valence-electron chi connectivity index (χ3n) is 3.43. The highest BCUT2D eigenvalue weighted by atomic mass is 35.5. The van der Waals surface area contributed by atoms with Crippen molar-refractivity contribution in [1.29, 1.82) is 0 Å². The van der Waals surface area contributed by atoms with Gasteiger partial charge in [-0.2, -0.15) is 4.98 Å². The minimum absolute atomic E-state index is 0.152. The summed E-state index contributed by atoms with van der Waals surface area (Å²) in [6.07, 6.45) is 3.66. The smallest absolute Gasteiger partial charge is 0.223 e. The molecule has 0 spiro atoms. The summed E-state index contributed by atoms with van der Waals surface area (Å²) in [7, 11) is 0. The molecule has 0 aliphatic heterocycles. The Morgan fingerprint density at radius 3 is 2.76 bits per heavy atom. The highest BCUT2D eigenvalue weighted by Gasteiger charge is 2.12. The predicted octanol–water partition coefficient (Wildman–Crippen LogP) is 3.38. The van der Waals surface area contributed by atoms with E-state index in [4.69, 9.17) is 28.9 Å². The van der Waals surface area contributed by atoms with Gasteiger partial charge in [-0.3, -0.25) is 4.98 Å². The average Bonchev–Trinajstić information content (AvgIpc) is 2.83. The molecule has 0 amide bonds. The van der Waals surface area contributed by atoms with Crippen LogP contribution in [0.5, 0.6) is 0 Å². The predicted molar refractivity (Wildman–Crippen MR) is 84.8 cm³/mol. The number of anilines is 1. The van der Waals surface area contributed by atoms with E-state index in [1.54, 1.807) is 6.20 Å². The van der Waals surface area contributed by atoms with Crippen LogP contribution in [0, 0.1) is 13.8 Å². The molecule has 5 nitrogen and oxygen atoms in total. The molecule has 7 heteroatoms.